The first-order chi connectivity index (χ1) is 8.97. The second-order valence-electron chi connectivity index (χ2n) is 3.97. The van der Waals surface area contributed by atoms with Crippen molar-refractivity contribution in [2.75, 3.05) is 18.5 Å². The molecule has 0 fully saturated rings. The van der Waals surface area contributed by atoms with Gasteiger partial charge in [-0.05, 0) is 26.0 Å². The Morgan fingerprint density at radius 2 is 2.26 bits per heavy atom. The summed E-state index contributed by atoms with van der Waals surface area (Å²) in [7, 11) is 0. The van der Waals surface area contributed by atoms with Crippen LogP contribution in [0, 0.1) is 10.1 Å². The number of para-hydroxylation sites is 1. The number of carboxylic acid groups (broad SMARTS) is 1. The van der Waals surface area contributed by atoms with Gasteiger partial charge in [-0.3, -0.25) is 10.1 Å². The molecule has 1 atom stereocenters. The van der Waals surface area contributed by atoms with Crippen LogP contribution in [0.4, 0.5) is 11.4 Å². The van der Waals surface area contributed by atoms with E-state index in [0.717, 1.165) is 0 Å². The van der Waals surface area contributed by atoms with Crippen molar-refractivity contribution in [3.63, 3.8) is 0 Å². The molecular weight excluding hydrogens is 252 g/mol. The van der Waals surface area contributed by atoms with Crippen molar-refractivity contribution in [2.45, 2.75) is 19.9 Å². The summed E-state index contributed by atoms with van der Waals surface area (Å²) in [5.41, 5.74) is -0.589. The first-order valence-corrected chi connectivity index (χ1v) is 5.82. The monoisotopic (exact) mass is 268 g/mol. The summed E-state index contributed by atoms with van der Waals surface area (Å²) >= 11 is 0. The van der Waals surface area contributed by atoms with Gasteiger partial charge >= 0.3 is 11.7 Å². The van der Waals surface area contributed by atoms with Crippen molar-refractivity contribution in [3.05, 3.63) is 33.9 Å². The molecule has 7 nitrogen and oxygen atoms in total. The highest BCUT2D eigenvalue weighted by atomic mass is 16.6. The predicted octanol–water partition coefficient (Wildman–Crippen LogP) is 2.13. The van der Waals surface area contributed by atoms with Gasteiger partial charge in [0.1, 0.15) is 11.3 Å². The number of carboxylic acids is 1. The molecular formula is C12H16N2O5. The van der Waals surface area contributed by atoms with Crippen LogP contribution < -0.4 is 5.32 Å². The summed E-state index contributed by atoms with van der Waals surface area (Å²) in [5, 5.41) is 22.9. The fourth-order valence-electron chi connectivity index (χ4n) is 1.63. The van der Waals surface area contributed by atoms with Gasteiger partial charge in [-0.15, -0.1) is 0 Å². The summed E-state index contributed by atoms with van der Waals surface area (Å²) in [6.07, 6.45) is 0. The molecule has 0 aliphatic rings. The SMILES string of the molecule is CCOCC(C)Nc1cccc(C(=O)O)c1[N+](=O)[O-]. The minimum absolute atomic E-state index is 0.164. The predicted molar refractivity (Wildman–Crippen MR) is 69.6 cm³/mol. The summed E-state index contributed by atoms with van der Waals surface area (Å²) in [4.78, 5) is 21.3. The molecule has 0 aromatic heterocycles. The Morgan fingerprint density at radius 1 is 1.58 bits per heavy atom. The maximum Gasteiger partial charge on any atom is 0.342 e. The van der Waals surface area contributed by atoms with Crippen LogP contribution in [0.3, 0.4) is 0 Å². The molecule has 104 valence electrons. The molecule has 1 rings (SSSR count). The number of nitrogens with zero attached hydrogens (tertiary/aromatic N) is 1. The number of hydrogen-bond acceptors (Lipinski definition) is 5. The molecule has 0 aliphatic heterocycles. The van der Waals surface area contributed by atoms with Crippen LogP contribution in [-0.2, 0) is 4.74 Å². The quantitative estimate of drug-likeness (QED) is 0.580. The molecule has 0 saturated heterocycles. The van der Waals surface area contributed by atoms with Gasteiger partial charge in [0, 0.05) is 12.6 Å². The lowest BCUT2D eigenvalue weighted by molar-refractivity contribution is -0.384. The smallest absolute Gasteiger partial charge is 0.342 e. The number of benzene rings is 1. The van der Waals surface area contributed by atoms with E-state index in [-0.39, 0.29) is 17.3 Å². The third kappa shape index (κ3) is 3.92. The highest BCUT2D eigenvalue weighted by molar-refractivity contribution is 5.95. The summed E-state index contributed by atoms with van der Waals surface area (Å²) < 4.78 is 5.20. The van der Waals surface area contributed by atoms with Crippen molar-refractivity contribution in [1.82, 2.24) is 0 Å². The van der Waals surface area contributed by atoms with Gasteiger partial charge in [-0.25, -0.2) is 4.79 Å². The fourth-order valence-corrected chi connectivity index (χ4v) is 1.63. The summed E-state index contributed by atoms with van der Waals surface area (Å²) in [5.74, 6) is -1.33. The molecule has 0 amide bonds. The molecule has 2 N–H and O–H groups in total. The van der Waals surface area contributed by atoms with Gasteiger partial charge in [0.25, 0.3) is 0 Å². The number of anilines is 1. The molecule has 0 saturated carbocycles. The van der Waals surface area contributed by atoms with Crippen molar-refractivity contribution < 1.29 is 19.6 Å². The van der Waals surface area contributed by atoms with E-state index < -0.39 is 16.6 Å². The summed E-state index contributed by atoms with van der Waals surface area (Å²) in [6.45, 7) is 4.57. The molecule has 0 spiro atoms. The molecule has 0 aliphatic carbocycles. The van der Waals surface area contributed by atoms with Crippen LogP contribution in [0.1, 0.15) is 24.2 Å². The zero-order chi connectivity index (χ0) is 14.4. The molecule has 0 bridgehead atoms. The van der Waals surface area contributed by atoms with Gasteiger partial charge in [0.15, 0.2) is 0 Å². The Labute approximate surface area is 110 Å². The van der Waals surface area contributed by atoms with Crippen LogP contribution in [0.2, 0.25) is 0 Å². The van der Waals surface area contributed by atoms with Crippen LogP contribution >= 0.6 is 0 Å². The number of ether oxygens (including phenoxy) is 1. The number of rotatable bonds is 7. The largest absolute Gasteiger partial charge is 0.477 e. The second kappa shape index (κ2) is 6.69. The minimum atomic E-state index is -1.33. The van der Waals surface area contributed by atoms with Crippen LogP contribution in [-0.4, -0.2) is 35.3 Å². The molecule has 0 heterocycles. The molecule has 1 aromatic rings. The molecule has 19 heavy (non-hydrogen) atoms. The van der Waals surface area contributed by atoms with Crippen molar-refractivity contribution in [3.8, 4) is 0 Å². The average molecular weight is 268 g/mol. The standard InChI is InChI=1S/C12H16N2O5/c1-3-19-7-8(2)13-10-6-4-5-9(12(15)16)11(10)14(17)18/h4-6,8,13H,3,7H2,1-2H3,(H,15,16). The van der Waals surface area contributed by atoms with E-state index in [1.807, 2.05) is 6.92 Å². The Bertz CT molecular complexity index is 475. The van der Waals surface area contributed by atoms with Crippen molar-refractivity contribution >= 4 is 17.3 Å². The van der Waals surface area contributed by atoms with E-state index >= 15 is 0 Å². The average Bonchev–Trinajstić information content (AvgIpc) is 2.35. The Kier molecular flexibility index (Phi) is 5.25. The molecule has 0 radical (unpaired) electrons. The normalized spacial score (nSPS) is 11.9. The number of carbonyl (C=O) groups is 1. The van der Waals surface area contributed by atoms with Gasteiger partial charge < -0.3 is 15.2 Å². The number of hydrogen-bond donors (Lipinski definition) is 2. The number of nitro groups is 1. The van der Waals surface area contributed by atoms with Crippen molar-refractivity contribution in [2.24, 2.45) is 0 Å². The van der Waals surface area contributed by atoms with Gasteiger partial charge in [0.2, 0.25) is 0 Å². The number of aromatic carboxylic acids is 1. The zero-order valence-electron chi connectivity index (χ0n) is 10.8. The van der Waals surface area contributed by atoms with Crippen LogP contribution in [0.5, 0.6) is 0 Å². The lowest BCUT2D eigenvalue weighted by Crippen LogP contribution is -2.22. The van der Waals surface area contributed by atoms with E-state index in [0.29, 0.717) is 13.2 Å². The van der Waals surface area contributed by atoms with Gasteiger partial charge in [-0.2, -0.15) is 0 Å². The van der Waals surface area contributed by atoms with Gasteiger partial charge in [0.05, 0.1) is 11.5 Å². The Morgan fingerprint density at radius 3 is 2.79 bits per heavy atom. The van der Waals surface area contributed by atoms with E-state index in [2.05, 4.69) is 5.32 Å². The molecule has 7 heteroatoms. The highest BCUT2D eigenvalue weighted by Gasteiger charge is 2.24. The molecule has 1 unspecified atom stereocenters. The highest BCUT2D eigenvalue weighted by Crippen LogP contribution is 2.29. The molecule has 1 aromatic carbocycles. The topological polar surface area (TPSA) is 102 Å². The minimum Gasteiger partial charge on any atom is -0.477 e. The van der Waals surface area contributed by atoms with E-state index in [9.17, 15) is 14.9 Å². The second-order valence-corrected chi connectivity index (χ2v) is 3.97. The van der Waals surface area contributed by atoms with Gasteiger partial charge in [-0.1, -0.05) is 6.07 Å². The Hall–Kier alpha value is -2.15. The van der Waals surface area contributed by atoms with E-state index in [4.69, 9.17) is 9.84 Å². The first-order valence-electron chi connectivity index (χ1n) is 5.82. The van der Waals surface area contributed by atoms with Crippen molar-refractivity contribution in [1.29, 1.82) is 0 Å². The summed E-state index contributed by atoms with van der Waals surface area (Å²) in [6, 6.07) is 3.99. The first kappa shape index (κ1) is 14.9. The maximum absolute atomic E-state index is 11.0. The lowest BCUT2D eigenvalue weighted by Gasteiger charge is -2.15. The fraction of sp³-hybridized carbons (Fsp3) is 0.417. The number of nitro benzene ring substituents is 1. The third-order valence-corrected chi connectivity index (χ3v) is 2.42. The van der Waals surface area contributed by atoms with Crippen LogP contribution in [0.15, 0.2) is 18.2 Å². The Balaban J connectivity index is 3.03. The van der Waals surface area contributed by atoms with E-state index in [1.54, 1.807) is 6.92 Å². The van der Waals surface area contributed by atoms with E-state index in [1.165, 1.54) is 18.2 Å². The zero-order valence-corrected chi connectivity index (χ0v) is 10.8. The third-order valence-electron chi connectivity index (χ3n) is 2.42. The van der Waals surface area contributed by atoms with Crippen LogP contribution in [0.25, 0.3) is 0 Å². The lowest BCUT2D eigenvalue weighted by atomic mass is 10.1. The maximum atomic E-state index is 11.0. The number of nitrogens with one attached hydrogen (secondary N) is 1.